The molecule has 0 aliphatic heterocycles. The first-order valence-corrected chi connectivity index (χ1v) is 5.93. The number of aliphatic hydroxyl groups excluding tert-OH is 1. The molecule has 0 aliphatic rings. The molecule has 96 valence electrons. The van der Waals surface area contributed by atoms with Gasteiger partial charge in [0.2, 0.25) is 0 Å². The standard InChI is InChI=1S/C12H17N5O/c1-10(11-2-4-13-5-3-11)14-8-12-9-17(6-7-18)16-15-12/h2-5,9-10,14,18H,6-8H2,1H3. The second-order valence-electron chi connectivity index (χ2n) is 4.08. The van der Waals surface area contributed by atoms with Crippen molar-refractivity contribution in [1.82, 2.24) is 25.3 Å². The predicted molar refractivity (Wildman–Crippen MR) is 66.6 cm³/mol. The Morgan fingerprint density at radius 3 is 2.89 bits per heavy atom. The molecule has 6 nitrogen and oxygen atoms in total. The van der Waals surface area contributed by atoms with Crippen molar-refractivity contribution in [1.29, 1.82) is 0 Å². The van der Waals surface area contributed by atoms with Gasteiger partial charge in [0, 0.05) is 31.2 Å². The van der Waals surface area contributed by atoms with Gasteiger partial charge < -0.3 is 10.4 Å². The Morgan fingerprint density at radius 2 is 2.17 bits per heavy atom. The summed E-state index contributed by atoms with van der Waals surface area (Å²) < 4.78 is 1.63. The molecule has 0 bridgehead atoms. The SMILES string of the molecule is CC(NCc1cn(CCO)nn1)c1ccncc1. The van der Waals surface area contributed by atoms with E-state index in [1.54, 1.807) is 17.1 Å². The summed E-state index contributed by atoms with van der Waals surface area (Å²) in [7, 11) is 0. The van der Waals surface area contributed by atoms with Gasteiger partial charge in [-0.05, 0) is 24.6 Å². The lowest BCUT2D eigenvalue weighted by molar-refractivity contribution is 0.268. The molecule has 0 aromatic carbocycles. The molecule has 0 fully saturated rings. The first-order chi connectivity index (χ1) is 8.79. The van der Waals surface area contributed by atoms with Gasteiger partial charge in [-0.2, -0.15) is 0 Å². The van der Waals surface area contributed by atoms with E-state index < -0.39 is 0 Å². The van der Waals surface area contributed by atoms with Crippen LogP contribution in [0, 0.1) is 0 Å². The Labute approximate surface area is 106 Å². The van der Waals surface area contributed by atoms with Crippen molar-refractivity contribution in [3.8, 4) is 0 Å². The van der Waals surface area contributed by atoms with Crippen molar-refractivity contribution in [2.75, 3.05) is 6.61 Å². The zero-order valence-corrected chi connectivity index (χ0v) is 10.3. The average molecular weight is 247 g/mol. The molecule has 0 radical (unpaired) electrons. The molecule has 0 amide bonds. The Kier molecular flexibility index (Phi) is 4.38. The van der Waals surface area contributed by atoms with E-state index in [9.17, 15) is 0 Å². The molecule has 1 atom stereocenters. The highest BCUT2D eigenvalue weighted by atomic mass is 16.3. The van der Waals surface area contributed by atoms with Gasteiger partial charge in [-0.3, -0.25) is 4.98 Å². The summed E-state index contributed by atoms with van der Waals surface area (Å²) in [5.74, 6) is 0. The molecule has 0 spiro atoms. The van der Waals surface area contributed by atoms with Crippen LogP contribution in [0.25, 0.3) is 0 Å². The van der Waals surface area contributed by atoms with Gasteiger partial charge in [0.25, 0.3) is 0 Å². The lowest BCUT2D eigenvalue weighted by Gasteiger charge is -2.12. The van der Waals surface area contributed by atoms with E-state index in [0.717, 1.165) is 5.69 Å². The second kappa shape index (κ2) is 6.23. The summed E-state index contributed by atoms with van der Waals surface area (Å²) in [4.78, 5) is 3.99. The summed E-state index contributed by atoms with van der Waals surface area (Å²) >= 11 is 0. The maximum atomic E-state index is 8.79. The number of aromatic nitrogens is 4. The monoisotopic (exact) mass is 247 g/mol. The van der Waals surface area contributed by atoms with Crippen LogP contribution in [0.4, 0.5) is 0 Å². The maximum Gasteiger partial charge on any atom is 0.0965 e. The number of pyridine rings is 1. The number of hydrogen-bond acceptors (Lipinski definition) is 5. The smallest absolute Gasteiger partial charge is 0.0965 e. The normalized spacial score (nSPS) is 12.6. The average Bonchev–Trinajstić information content (AvgIpc) is 2.85. The fraction of sp³-hybridized carbons (Fsp3) is 0.417. The fourth-order valence-corrected chi connectivity index (χ4v) is 1.66. The summed E-state index contributed by atoms with van der Waals surface area (Å²) in [5, 5.41) is 20.1. The molecule has 2 heterocycles. The van der Waals surface area contributed by atoms with Crippen molar-refractivity contribution in [3.63, 3.8) is 0 Å². The molecule has 2 rings (SSSR count). The van der Waals surface area contributed by atoms with Crippen molar-refractivity contribution in [2.45, 2.75) is 26.1 Å². The molecule has 2 aromatic rings. The molecule has 2 N–H and O–H groups in total. The van der Waals surface area contributed by atoms with Crippen LogP contribution in [0.5, 0.6) is 0 Å². The van der Waals surface area contributed by atoms with E-state index >= 15 is 0 Å². The zero-order chi connectivity index (χ0) is 12.8. The summed E-state index contributed by atoms with van der Waals surface area (Å²) in [6.07, 6.45) is 5.40. The van der Waals surface area contributed by atoms with E-state index in [0.29, 0.717) is 13.1 Å². The van der Waals surface area contributed by atoms with Crippen LogP contribution in [0.15, 0.2) is 30.7 Å². The fourth-order valence-electron chi connectivity index (χ4n) is 1.66. The van der Waals surface area contributed by atoms with Gasteiger partial charge in [0.15, 0.2) is 0 Å². The van der Waals surface area contributed by atoms with Crippen LogP contribution in [0.3, 0.4) is 0 Å². The lowest BCUT2D eigenvalue weighted by Crippen LogP contribution is -2.18. The van der Waals surface area contributed by atoms with Gasteiger partial charge in [-0.1, -0.05) is 5.21 Å². The third-order valence-electron chi connectivity index (χ3n) is 2.71. The molecule has 0 saturated heterocycles. The van der Waals surface area contributed by atoms with Crippen LogP contribution >= 0.6 is 0 Å². The van der Waals surface area contributed by atoms with Crippen LogP contribution in [-0.4, -0.2) is 31.7 Å². The van der Waals surface area contributed by atoms with Crippen molar-refractivity contribution in [2.24, 2.45) is 0 Å². The van der Waals surface area contributed by atoms with E-state index in [-0.39, 0.29) is 12.6 Å². The lowest BCUT2D eigenvalue weighted by atomic mass is 10.1. The van der Waals surface area contributed by atoms with Gasteiger partial charge in [-0.15, -0.1) is 5.10 Å². The first kappa shape index (κ1) is 12.7. The van der Waals surface area contributed by atoms with Crippen molar-refractivity contribution >= 4 is 0 Å². The minimum Gasteiger partial charge on any atom is -0.394 e. The third kappa shape index (κ3) is 3.35. The topological polar surface area (TPSA) is 75.9 Å². The molecule has 0 aliphatic carbocycles. The zero-order valence-electron chi connectivity index (χ0n) is 10.3. The van der Waals surface area contributed by atoms with Crippen LogP contribution < -0.4 is 5.32 Å². The van der Waals surface area contributed by atoms with Gasteiger partial charge in [0.05, 0.1) is 18.8 Å². The van der Waals surface area contributed by atoms with E-state index in [4.69, 9.17) is 5.11 Å². The van der Waals surface area contributed by atoms with Crippen molar-refractivity contribution < 1.29 is 5.11 Å². The second-order valence-corrected chi connectivity index (χ2v) is 4.08. The van der Waals surface area contributed by atoms with Crippen LogP contribution in [-0.2, 0) is 13.1 Å². The van der Waals surface area contributed by atoms with E-state index in [1.807, 2.05) is 18.3 Å². The number of nitrogens with one attached hydrogen (secondary N) is 1. The number of nitrogens with zero attached hydrogens (tertiary/aromatic N) is 4. The van der Waals surface area contributed by atoms with Crippen molar-refractivity contribution in [3.05, 3.63) is 42.0 Å². The molecule has 6 heteroatoms. The predicted octanol–water partition coefficient (Wildman–Crippen LogP) is 0.516. The Morgan fingerprint density at radius 1 is 1.39 bits per heavy atom. The summed E-state index contributed by atoms with van der Waals surface area (Å²) in [5.41, 5.74) is 2.05. The first-order valence-electron chi connectivity index (χ1n) is 5.93. The Bertz CT molecular complexity index is 470. The van der Waals surface area contributed by atoms with Gasteiger partial charge in [-0.25, -0.2) is 4.68 Å². The quantitative estimate of drug-likeness (QED) is 0.778. The number of rotatable bonds is 6. The van der Waals surface area contributed by atoms with Gasteiger partial charge >= 0.3 is 0 Å². The highest BCUT2D eigenvalue weighted by Crippen LogP contribution is 2.10. The van der Waals surface area contributed by atoms with E-state index in [2.05, 4.69) is 27.5 Å². The van der Waals surface area contributed by atoms with Gasteiger partial charge in [0.1, 0.15) is 0 Å². The Balaban J connectivity index is 1.87. The molecular formula is C12H17N5O. The number of aliphatic hydroxyl groups is 1. The maximum absolute atomic E-state index is 8.79. The molecule has 0 saturated carbocycles. The minimum atomic E-state index is 0.0731. The van der Waals surface area contributed by atoms with Crippen LogP contribution in [0.2, 0.25) is 0 Å². The molecule has 2 aromatic heterocycles. The molecule has 18 heavy (non-hydrogen) atoms. The molecular weight excluding hydrogens is 230 g/mol. The Hall–Kier alpha value is -1.79. The largest absolute Gasteiger partial charge is 0.394 e. The number of hydrogen-bond donors (Lipinski definition) is 2. The molecule has 1 unspecified atom stereocenters. The highest BCUT2D eigenvalue weighted by Gasteiger charge is 2.06. The minimum absolute atomic E-state index is 0.0731. The summed E-state index contributed by atoms with van der Waals surface area (Å²) in [6, 6.07) is 4.21. The third-order valence-corrected chi connectivity index (χ3v) is 2.71. The summed E-state index contributed by atoms with van der Waals surface area (Å²) in [6.45, 7) is 3.29. The van der Waals surface area contributed by atoms with Crippen LogP contribution in [0.1, 0.15) is 24.2 Å². The van der Waals surface area contributed by atoms with E-state index in [1.165, 1.54) is 5.56 Å². The highest BCUT2D eigenvalue weighted by molar-refractivity contribution is 5.14.